The van der Waals surface area contributed by atoms with Crippen molar-refractivity contribution >= 4 is 17.5 Å². The van der Waals surface area contributed by atoms with Gasteiger partial charge in [0.05, 0.1) is 7.05 Å². The van der Waals surface area contributed by atoms with Gasteiger partial charge in [-0.25, -0.2) is 0 Å². The fourth-order valence-electron chi connectivity index (χ4n) is 2.53. The van der Waals surface area contributed by atoms with E-state index in [1.165, 1.54) is 24.3 Å². The summed E-state index contributed by atoms with van der Waals surface area (Å²) >= 11 is 0. The number of carbonyl (C=O) groups excluding carboxylic acids is 2. The van der Waals surface area contributed by atoms with E-state index in [0.29, 0.717) is 17.8 Å². The zero-order chi connectivity index (χ0) is 19.8. The van der Waals surface area contributed by atoms with Gasteiger partial charge in [-0.05, 0) is 36.4 Å². The van der Waals surface area contributed by atoms with E-state index < -0.39 is 6.61 Å². The smallest absolute Gasteiger partial charge is 0.387 e. The van der Waals surface area contributed by atoms with Crippen molar-refractivity contribution in [2.24, 2.45) is 0 Å². The Bertz CT molecular complexity index is 765. The van der Waals surface area contributed by atoms with Gasteiger partial charge in [0.1, 0.15) is 12.3 Å². The Morgan fingerprint density at radius 2 is 1.70 bits per heavy atom. The second-order valence-corrected chi connectivity index (χ2v) is 6.04. The van der Waals surface area contributed by atoms with Gasteiger partial charge in [-0.15, -0.1) is 0 Å². The van der Waals surface area contributed by atoms with Crippen molar-refractivity contribution in [2.75, 3.05) is 26.0 Å². The van der Waals surface area contributed by atoms with Crippen molar-refractivity contribution in [1.29, 1.82) is 0 Å². The molecular weight excluding hydrogens is 356 g/mol. The summed E-state index contributed by atoms with van der Waals surface area (Å²) in [6, 6.07) is 12.9. The average molecular weight is 378 g/mol. The molecule has 0 heterocycles. The van der Waals surface area contributed by atoms with Crippen LogP contribution in [-0.4, -0.2) is 39.1 Å². The molecule has 0 bridgehead atoms. The number of benzene rings is 2. The van der Waals surface area contributed by atoms with Gasteiger partial charge in [-0.2, -0.15) is 8.78 Å². The maximum atomic E-state index is 12.1. The van der Waals surface area contributed by atoms with Crippen LogP contribution in [0.4, 0.5) is 14.5 Å². The molecule has 144 valence electrons. The number of hydrogen-bond acceptors (Lipinski definition) is 3. The van der Waals surface area contributed by atoms with Crippen molar-refractivity contribution in [3.05, 3.63) is 59.7 Å². The summed E-state index contributed by atoms with van der Waals surface area (Å²) in [7, 11) is 3.46. The largest absolute Gasteiger partial charge is 0.435 e. The van der Waals surface area contributed by atoms with Crippen LogP contribution in [0.5, 0.6) is 5.75 Å². The highest BCUT2D eigenvalue weighted by Gasteiger charge is 2.12. The monoisotopic (exact) mass is 378 g/mol. The molecule has 0 saturated heterocycles. The molecule has 0 aromatic heterocycles. The summed E-state index contributed by atoms with van der Waals surface area (Å²) in [6.45, 7) is -2.04. The minimum absolute atomic E-state index is 0.0333. The van der Waals surface area contributed by atoms with E-state index in [1.54, 1.807) is 19.2 Å². The maximum absolute atomic E-state index is 12.1. The van der Waals surface area contributed by atoms with Gasteiger partial charge in [0.25, 0.3) is 11.8 Å². The number of quaternary nitrogens is 1. The summed E-state index contributed by atoms with van der Waals surface area (Å²) in [4.78, 5) is 24.6. The maximum Gasteiger partial charge on any atom is 0.387 e. The first-order valence-corrected chi connectivity index (χ1v) is 8.34. The molecule has 0 saturated carbocycles. The van der Waals surface area contributed by atoms with E-state index in [4.69, 9.17) is 0 Å². The van der Waals surface area contributed by atoms with Crippen molar-refractivity contribution in [3.8, 4) is 5.75 Å². The van der Waals surface area contributed by atoms with E-state index in [-0.39, 0.29) is 24.1 Å². The van der Waals surface area contributed by atoms with Crippen LogP contribution in [0.1, 0.15) is 15.9 Å². The lowest BCUT2D eigenvalue weighted by Gasteiger charge is -2.14. The van der Waals surface area contributed by atoms with Gasteiger partial charge in [-0.1, -0.05) is 12.1 Å². The molecular formula is C19H22F2N3O3+. The molecule has 2 amide bonds. The Morgan fingerprint density at radius 3 is 2.26 bits per heavy atom. The van der Waals surface area contributed by atoms with Gasteiger partial charge in [0.15, 0.2) is 6.54 Å². The number of ether oxygens (including phenoxy) is 1. The Kier molecular flexibility index (Phi) is 7.25. The first-order chi connectivity index (χ1) is 12.9. The summed E-state index contributed by atoms with van der Waals surface area (Å²) in [5.74, 6) is -0.311. The molecule has 0 spiro atoms. The molecule has 2 aromatic rings. The predicted molar refractivity (Wildman–Crippen MR) is 97.0 cm³/mol. The molecule has 0 radical (unpaired) electrons. The zero-order valence-electron chi connectivity index (χ0n) is 15.1. The number of carbonyl (C=O) groups is 2. The van der Waals surface area contributed by atoms with E-state index in [0.717, 1.165) is 10.5 Å². The summed E-state index contributed by atoms with van der Waals surface area (Å²) in [6.07, 6.45) is 0. The van der Waals surface area contributed by atoms with Gasteiger partial charge in [-0.3, -0.25) is 9.59 Å². The summed E-state index contributed by atoms with van der Waals surface area (Å²) in [5.41, 5.74) is 2.08. The fourth-order valence-corrected chi connectivity index (χ4v) is 2.53. The van der Waals surface area contributed by atoms with Gasteiger partial charge in [0, 0.05) is 23.9 Å². The fraction of sp³-hybridized carbons (Fsp3) is 0.263. The highest BCUT2D eigenvalue weighted by atomic mass is 19.3. The SMILES string of the molecule is CNC(=O)c1ccc(C[NH+](C)CC(=O)Nc2ccc(OC(F)F)cc2)cc1. The molecule has 0 aliphatic rings. The third-order valence-corrected chi connectivity index (χ3v) is 3.77. The highest BCUT2D eigenvalue weighted by Crippen LogP contribution is 2.17. The number of likely N-dealkylation sites (N-methyl/N-ethyl adjacent to an activating group) is 1. The molecule has 0 fully saturated rings. The lowest BCUT2D eigenvalue weighted by atomic mass is 10.1. The Labute approximate surface area is 156 Å². The molecule has 3 N–H and O–H groups in total. The second kappa shape index (κ2) is 9.63. The molecule has 27 heavy (non-hydrogen) atoms. The van der Waals surface area contributed by atoms with Crippen LogP contribution in [0.25, 0.3) is 0 Å². The molecule has 0 aliphatic heterocycles. The van der Waals surface area contributed by atoms with E-state index in [2.05, 4.69) is 15.4 Å². The van der Waals surface area contributed by atoms with E-state index >= 15 is 0 Å². The van der Waals surface area contributed by atoms with Crippen LogP contribution in [0.15, 0.2) is 48.5 Å². The normalized spacial score (nSPS) is 11.7. The number of hydrogen-bond donors (Lipinski definition) is 3. The van der Waals surface area contributed by atoms with Crippen LogP contribution < -0.4 is 20.3 Å². The standard InChI is InChI=1S/C19H21F2N3O3/c1-22-18(26)14-5-3-13(4-6-14)11-24(2)12-17(25)23-15-7-9-16(10-8-15)27-19(20)21/h3-10,19H,11-12H2,1-2H3,(H,22,26)(H,23,25)/p+1. The van der Waals surface area contributed by atoms with Crippen molar-refractivity contribution in [1.82, 2.24) is 5.32 Å². The predicted octanol–water partition coefficient (Wildman–Crippen LogP) is 1.30. The molecule has 2 aromatic carbocycles. The minimum atomic E-state index is -2.88. The highest BCUT2D eigenvalue weighted by molar-refractivity contribution is 5.94. The number of alkyl halides is 2. The van der Waals surface area contributed by atoms with E-state index in [1.807, 2.05) is 19.2 Å². The van der Waals surface area contributed by atoms with Gasteiger partial charge >= 0.3 is 6.61 Å². The first kappa shape index (κ1) is 20.3. The van der Waals surface area contributed by atoms with Crippen molar-refractivity contribution in [2.45, 2.75) is 13.2 Å². The molecule has 6 nitrogen and oxygen atoms in total. The van der Waals surface area contributed by atoms with Gasteiger partial charge < -0.3 is 20.3 Å². The Balaban J connectivity index is 1.83. The van der Waals surface area contributed by atoms with Crippen LogP contribution >= 0.6 is 0 Å². The summed E-state index contributed by atoms with van der Waals surface area (Å²) in [5, 5.41) is 5.28. The minimum Gasteiger partial charge on any atom is -0.435 e. The van der Waals surface area contributed by atoms with Crippen molar-refractivity contribution < 1.29 is 28.0 Å². The zero-order valence-corrected chi connectivity index (χ0v) is 15.1. The number of nitrogens with one attached hydrogen (secondary N) is 3. The average Bonchev–Trinajstić information content (AvgIpc) is 2.62. The molecule has 8 heteroatoms. The van der Waals surface area contributed by atoms with Crippen LogP contribution in [0.3, 0.4) is 0 Å². The summed E-state index contributed by atoms with van der Waals surface area (Å²) < 4.78 is 28.5. The van der Waals surface area contributed by atoms with Gasteiger partial charge in [0.2, 0.25) is 0 Å². The van der Waals surface area contributed by atoms with Crippen molar-refractivity contribution in [3.63, 3.8) is 0 Å². The number of anilines is 1. The van der Waals surface area contributed by atoms with E-state index in [9.17, 15) is 18.4 Å². The van der Waals surface area contributed by atoms with Crippen LogP contribution in [-0.2, 0) is 11.3 Å². The van der Waals surface area contributed by atoms with Crippen LogP contribution in [0, 0.1) is 0 Å². The first-order valence-electron chi connectivity index (χ1n) is 8.34. The molecule has 1 unspecified atom stereocenters. The molecule has 2 rings (SSSR count). The Morgan fingerprint density at radius 1 is 1.07 bits per heavy atom. The number of rotatable bonds is 8. The lowest BCUT2D eigenvalue weighted by molar-refractivity contribution is -0.885. The lowest BCUT2D eigenvalue weighted by Crippen LogP contribution is -3.08. The molecule has 1 atom stereocenters. The number of amides is 2. The molecule has 0 aliphatic carbocycles. The third-order valence-electron chi connectivity index (χ3n) is 3.77. The Hall–Kier alpha value is -3.00. The third kappa shape index (κ3) is 6.67. The van der Waals surface area contributed by atoms with Crippen LogP contribution in [0.2, 0.25) is 0 Å². The second-order valence-electron chi connectivity index (χ2n) is 6.04. The number of halogens is 2. The quantitative estimate of drug-likeness (QED) is 0.649. The topological polar surface area (TPSA) is 71.9 Å².